The van der Waals surface area contributed by atoms with Crippen molar-refractivity contribution in [3.05, 3.63) is 58.3 Å². The molecule has 0 aromatic heterocycles. The SMILES string of the molecule is CC1Nc2cc(F)ccc2OC1c1ccc(Br)cc1. The maximum atomic E-state index is 13.2. The van der Waals surface area contributed by atoms with E-state index < -0.39 is 0 Å². The van der Waals surface area contributed by atoms with Crippen LogP contribution in [0.1, 0.15) is 18.6 Å². The van der Waals surface area contributed by atoms with Crippen LogP contribution in [0.3, 0.4) is 0 Å². The van der Waals surface area contributed by atoms with Crippen molar-refractivity contribution in [2.75, 3.05) is 5.32 Å². The topological polar surface area (TPSA) is 21.3 Å². The van der Waals surface area contributed by atoms with Crippen LogP contribution in [-0.4, -0.2) is 6.04 Å². The largest absolute Gasteiger partial charge is 0.481 e. The number of halogens is 2. The van der Waals surface area contributed by atoms with Crippen LogP contribution in [0.5, 0.6) is 5.75 Å². The molecule has 3 rings (SSSR count). The molecule has 0 saturated carbocycles. The minimum atomic E-state index is -0.260. The summed E-state index contributed by atoms with van der Waals surface area (Å²) in [5.74, 6) is 0.427. The number of rotatable bonds is 1. The third-order valence-electron chi connectivity index (χ3n) is 3.23. The van der Waals surface area contributed by atoms with Crippen LogP contribution in [0.4, 0.5) is 10.1 Å². The Labute approximate surface area is 119 Å². The summed E-state index contributed by atoms with van der Waals surface area (Å²) < 4.78 is 20.2. The molecule has 2 aromatic rings. The standard InChI is InChI=1S/C15H13BrFNO/c1-9-15(10-2-4-11(16)5-3-10)19-14-7-6-12(17)8-13(14)18-9/h2-9,15,18H,1H3. The fraction of sp³-hybridized carbons (Fsp3) is 0.200. The van der Waals surface area contributed by atoms with Gasteiger partial charge >= 0.3 is 0 Å². The molecule has 0 bridgehead atoms. The maximum Gasteiger partial charge on any atom is 0.144 e. The van der Waals surface area contributed by atoms with Crippen LogP contribution in [0.25, 0.3) is 0 Å². The average Bonchev–Trinajstić information content (AvgIpc) is 2.39. The molecule has 4 heteroatoms. The molecule has 2 unspecified atom stereocenters. The number of anilines is 1. The summed E-state index contributed by atoms with van der Waals surface area (Å²) >= 11 is 3.42. The summed E-state index contributed by atoms with van der Waals surface area (Å²) in [4.78, 5) is 0. The predicted molar refractivity (Wildman–Crippen MR) is 77.0 cm³/mol. The number of ether oxygens (including phenoxy) is 1. The van der Waals surface area contributed by atoms with Crippen molar-refractivity contribution >= 4 is 21.6 Å². The van der Waals surface area contributed by atoms with Crippen LogP contribution >= 0.6 is 15.9 Å². The summed E-state index contributed by atoms with van der Waals surface area (Å²) in [5, 5.41) is 3.29. The molecule has 1 heterocycles. The van der Waals surface area contributed by atoms with Crippen molar-refractivity contribution in [2.45, 2.75) is 19.1 Å². The van der Waals surface area contributed by atoms with Gasteiger partial charge in [-0.25, -0.2) is 4.39 Å². The first-order chi connectivity index (χ1) is 9.13. The molecule has 19 heavy (non-hydrogen) atoms. The molecule has 2 aromatic carbocycles. The highest BCUT2D eigenvalue weighted by atomic mass is 79.9. The molecule has 2 nitrogen and oxygen atoms in total. The summed E-state index contributed by atoms with van der Waals surface area (Å²) in [6.07, 6.45) is -0.0777. The van der Waals surface area contributed by atoms with Gasteiger partial charge in [-0.2, -0.15) is 0 Å². The van der Waals surface area contributed by atoms with E-state index in [2.05, 4.69) is 21.2 Å². The minimum Gasteiger partial charge on any atom is -0.481 e. The number of hydrogen-bond acceptors (Lipinski definition) is 2. The average molecular weight is 322 g/mol. The van der Waals surface area contributed by atoms with Gasteiger partial charge in [-0.05, 0) is 36.8 Å². The monoisotopic (exact) mass is 321 g/mol. The quantitative estimate of drug-likeness (QED) is 0.833. The lowest BCUT2D eigenvalue weighted by atomic mass is 10.0. The molecule has 2 atom stereocenters. The number of benzene rings is 2. The van der Waals surface area contributed by atoms with E-state index in [0.29, 0.717) is 11.4 Å². The molecule has 0 aliphatic carbocycles. The van der Waals surface area contributed by atoms with Gasteiger partial charge in [-0.3, -0.25) is 0 Å². The molecular weight excluding hydrogens is 309 g/mol. The van der Waals surface area contributed by atoms with Gasteiger partial charge in [0.1, 0.15) is 17.7 Å². The maximum absolute atomic E-state index is 13.2. The van der Waals surface area contributed by atoms with Crippen molar-refractivity contribution in [1.29, 1.82) is 0 Å². The fourth-order valence-electron chi connectivity index (χ4n) is 2.29. The van der Waals surface area contributed by atoms with Crippen molar-refractivity contribution in [1.82, 2.24) is 0 Å². The Kier molecular flexibility index (Phi) is 3.19. The lowest BCUT2D eigenvalue weighted by molar-refractivity contribution is 0.177. The second-order valence-corrected chi connectivity index (χ2v) is 5.58. The van der Waals surface area contributed by atoms with E-state index in [0.717, 1.165) is 10.0 Å². The predicted octanol–water partition coefficient (Wildman–Crippen LogP) is 4.52. The molecule has 0 radical (unpaired) electrons. The second-order valence-electron chi connectivity index (χ2n) is 4.66. The normalized spacial score (nSPS) is 21.2. The van der Waals surface area contributed by atoms with E-state index in [4.69, 9.17) is 4.74 Å². The summed E-state index contributed by atoms with van der Waals surface area (Å²) in [5.41, 5.74) is 1.80. The van der Waals surface area contributed by atoms with Crippen molar-refractivity contribution in [2.24, 2.45) is 0 Å². The highest BCUT2D eigenvalue weighted by molar-refractivity contribution is 9.10. The summed E-state index contributed by atoms with van der Waals surface area (Å²) in [6.45, 7) is 2.03. The van der Waals surface area contributed by atoms with E-state index >= 15 is 0 Å². The smallest absolute Gasteiger partial charge is 0.144 e. The first-order valence-electron chi connectivity index (χ1n) is 6.12. The Hall–Kier alpha value is -1.55. The Morgan fingerprint density at radius 1 is 1.16 bits per heavy atom. The summed E-state index contributed by atoms with van der Waals surface area (Å²) in [7, 11) is 0. The van der Waals surface area contributed by atoms with Crippen molar-refractivity contribution < 1.29 is 9.13 Å². The Balaban J connectivity index is 1.93. The van der Waals surface area contributed by atoms with Crippen LogP contribution in [0.15, 0.2) is 46.9 Å². The molecule has 0 amide bonds. The molecule has 0 spiro atoms. The van der Waals surface area contributed by atoms with Crippen molar-refractivity contribution in [3.63, 3.8) is 0 Å². The van der Waals surface area contributed by atoms with Crippen LogP contribution < -0.4 is 10.1 Å². The lowest BCUT2D eigenvalue weighted by Crippen LogP contribution is -2.32. The first-order valence-corrected chi connectivity index (χ1v) is 6.91. The zero-order chi connectivity index (χ0) is 13.4. The highest BCUT2D eigenvalue weighted by Gasteiger charge is 2.27. The molecule has 0 fully saturated rings. The van der Waals surface area contributed by atoms with Crippen LogP contribution in [0.2, 0.25) is 0 Å². The van der Waals surface area contributed by atoms with Gasteiger partial charge in [0.15, 0.2) is 0 Å². The third kappa shape index (κ3) is 2.45. The van der Waals surface area contributed by atoms with Gasteiger partial charge in [0.2, 0.25) is 0 Å². The zero-order valence-corrected chi connectivity index (χ0v) is 11.9. The van der Waals surface area contributed by atoms with Crippen LogP contribution in [0, 0.1) is 5.82 Å². The van der Waals surface area contributed by atoms with Gasteiger partial charge in [0, 0.05) is 10.5 Å². The van der Waals surface area contributed by atoms with E-state index in [1.807, 2.05) is 31.2 Å². The minimum absolute atomic E-state index is 0.0777. The molecule has 1 aliphatic heterocycles. The van der Waals surface area contributed by atoms with Crippen molar-refractivity contribution in [3.8, 4) is 5.75 Å². The molecule has 0 saturated heterocycles. The Morgan fingerprint density at radius 2 is 1.89 bits per heavy atom. The van der Waals surface area contributed by atoms with Gasteiger partial charge in [-0.15, -0.1) is 0 Å². The van der Waals surface area contributed by atoms with E-state index in [-0.39, 0.29) is 18.0 Å². The molecule has 1 N–H and O–H groups in total. The molecule has 98 valence electrons. The van der Waals surface area contributed by atoms with E-state index in [1.165, 1.54) is 12.1 Å². The van der Waals surface area contributed by atoms with Gasteiger partial charge < -0.3 is 10.1 Å². The second kappa shape index (κ2) is 4.85. The third-order valence-corrected chi connectivity index (χ3v) is 3.76. The van der Waals surface area contributed by atoms with Gasteiger partial charge in [-0.1, -0.05) is 28.1 Å². The van der Waals surface area contributed by atoms with E-state index in [9.17, 15) is 4.39 Å². The van der Waals surface area contributed by atoms with Gasteiger partial charge in [0.05, 0.1) is 11.7 Å². The van der Waals surface area contributed by atoms with Crippen LogP contribution in [-0.2, 0) is 0 Å². The zero-order valence-electron chi connectivity index (χ0n) is 10.4. The Bertz CT molecular complexity index is 600. The van der Waals surface area contributed by atoms with Gasteiger partial charge in [0.25, 0.3) is 0 Å². The number of hydrogen-bond donors (Lipinski definition) is 1. The molecule has 1 aliphatic rings. The molecular formula is C15H13BrFNO. The number of nitrogens with one attached hydrogen (secondary N) is 1. The highest BCUT2D eigenvalue weighted by Crippen LogP contribution is 2.37. The Morgan fingerprint density at radius 3 is 2.63 bits per heavy atom. The fourth-order valence-corrected chi connectivity index (χ4v) is 2.55. The lowest BCUT2D eigenvalue weighted by Gasteiger charge is -2.33. The first kappa shape index (κ1) is 12.5. The van der Waals surface area contributed by atoms with E-state index in [1.54, 1.807) is 6.07 Å². The summed E-state index contributed by atoms with van der Waals surface area (Å²) in [6, 6.07) is 12.7. The number of fused-ring (bicyclic) bond motifs is 1.